The number of hydrogen-bond acceptors (Lipinski definition) is 3. The minimum Gasteiger partial charge on any atom is -0.472 e. The van der Waals surface area contributed by atoms with Gasteiger partial charge in [0.1, 0.15) is 6.26 Å². The minimum absolute atomic E-state index is 0.0130. The lowest BCUT2D eigenvalue weighted by Crippen LogP contribution is -2.44. The smallest absolute Gasteiger partial charge is 0.254 e. The fraction of sp³-hybridized carbons (Fsp3) is 0.400. The molecule has 25 heavy (non-hydrogen) atoms. The van der Waals surface area contributed by atoms with Gasteiger partial charge in [0.15, 0.2) is 0 Å². The molecule has 1 aliphatic carbocycles. The molecule has 1 aromatic heterocycles. The fourth-order valence-electron chi connectivity index (χ4n) is 3.50. The molecule has 2 amide bonds. The van der Waals surface area contributed by atoms with Crippen LogP contribution in [-0.4, -0.2) is 36.3 Å². The van der Waals surface area contributed by atoms with Crippen molar-refractivity contribution < 1.29 is 14.0 Å². The second-order valence-corrected chi connectivity index (χ2v) is 6.62. The third kappa shape index (κ3) is 4.29. The number of carbonyl (C=O) groups excluding carboxylic acids is 2. The number of furan rings is 1. The molecule has 1 heterocycles. The van der Waals surface area contributed by atoms with Crippen LogP contribution < -0.4 is 5.32 Å². The predicted molar refractivity (Wildman–Crippen MR) is 95.3 cm³/mol. The first-order chi connectivity index (χ1) is 12.1. The largest absolute Gasteiger partial charge is 0.472 e. The lowest BCUT2D eigenvalue weighted by Gasteiger charge is -2.35. The first kappa shape index (κ1) is 17.3. The standard InChI is InChI=1S/C20H24N2O3/c1-22(19(23)13-21-20(24)17-11-12-25-14-17)18-9-7-16(8-10-18)15-5-3-2-4-6-15/h2-6,11-12,14,16,18H,7-10,13H2,1H3,(H,21,24). The lowest BCUT2D eigenvalue weighted by atomic mass is 9.81. The Bertz CT molecular complexity index is 689. The predicted octanol–water partition coefficient (Wildman–Crippen LogP) is 3.19. The van der Waals surface area contributed by atoms with E-state index in [1.807, 2.05) is 13.1 Å². The van der Waals surface area contributed by atoms with E-state index in [-0.39, 0.29) is 24.4 Å². The molecule has 0 bridgehead atoms. The number of rotatable bonds is 5. The summed E-state index contributed by atoms with van der Waals surface area (Å²) >= 11 is 0. The topological polar surface area (TPSA) is 62.6 Å². The van der Waals surface area contributed by atoms with Crippen LogP contribution >= 0.6 is 0 Å². The number of likely N-dealkylation sites (N-methyl/N-ethyl adjacent to an activating group) is 1. The Kier molecular flexibility index (Phi) is 5.53. The van der Waals surface area contributed by atoms with Gasteiger partial charge in [-0.05, 0) is 43.2 Å². The molecule has 0 atom stereocenters. The quantitative estimate of drug-likeness (QED) is 0.909. The van der Waals surface area contributed by atoms with E-state index in [1.165, 1.54) is 18.1 Å². The minimum atomic E-state index is -0.289. The number of nitrogens with zero attached hydrogens (tertiary/aromatic N) is 1. The Morgan fingerprint density at radius 1 is 1.12 bits per heavy atom. The summed E-state index contributed by atoms with van der Waals surface area (Å²) in [4.78, 5) is 26.0. The summed E-state index contributed by atoms with van der Waals surface area (Å²) in [6, 6.07) is 12.4. The van der Waals surface area contributed by atoms with Crippen LogP contribution in [0.25, 0.3) is 0 Å². The van der Waals surface area contributed by atoms with Gasteiger partial charge in [0.2, 0.25) is 5.91 Å². The molecule has 1 N–H and O–H groups in total. The van der Waals surface area contributed by atoms with Crippen molar-refractivity contribution >= 4 is 11.8 Å². The average Bonchev–Trinajstić information content (AvgIpc) is 3.21. The van der Waals surface area contributed by atoms with Gasteiger partial charge in [-0.2, -0.15) is 0 Å². The van der Waals surface area contributed by atoms with Crippen molar-refractivity contribution in [2.24, 2.45) is 0 Å². The number of hydrogen-bond donors (Lipinski definition) is 1. The molecule has 0 aliphatic heterocycles. The van der Waals surface area contributed by atoms with E-state index in [4.69, 9.17) is 4.42 Å². The summed E-state index contributed by atoms with van der Waals surface area (Å²) in [7, 11) is 1.83. The first-order valence-electron chi connectivity index (χ1n) is 8.76. The average molecular weight is 340 g/mol. The van der Waals surface area contributed by atoms with E-state index in [2.05, 4.69) is 29.6 Å². The zero-order chi connectivity index (χ0) is 17.6. The second-order valence-electron chi connectivity index (χ2n) is 6.62. The van der Waals surface area contributed by atoms with Crippen LogP contribution in [-0.2, 0) is 4.79 Å². The van der Waals surface area contributed by atoms with Gasteiger partial charge < -0.3 is 14.6 Å². The highest BCUT2D eigenvalue weighted by Gasteiger charge is 2.27. The maximum Gasteiger partial charge on any atom is 0.254 e. The van der Waals surface area contributed by atoms with Gasteiger partial charge in [-0.3, -0.25) is 9.59 Å². The Balaban J connectivity index is 1.46. The van der Waals surface area contributed by atoms with E-state index in [0.717, 1.165) is 25.7 Å². The monoisotopic (exact) mass is 340 g/mol. The molecule has 2 aromatic rings. The summed E-state index contributed by atoms with van der Waals surface area (Å²) in [5.74, 6) is 0.241. The highest BCUT2D eigenvalue weighted by Crippen LogP contribution is 2.34. The summed E-state index contributed by atoms with van der Waals surface area (Å²) in [6.07, 6.45) is 6.98. The van der Waals surface area contributed by atoms with Crippen LogP contribution in [0.5, 0.6) is 0 Å². The van der Waals surface area contributed by atoms with Gasteiger partial charge in [0.25, 0.3) is 5.91 Å². The highest BCUT2D eigenvalue weighted by atomic mass is 16.3. The number of amides is 2. The van der Waals surface area contributed by atoms with Crippen molar-refractivity contribution in [1.29, 1.82) is 0 Å². The maximum absolute atomic E-state index is 12.4. The second kappa shape index (κ2) is 8.01. The molecular weight excluding hydrogens is 316 g/mol. The van der Waals surface area contributed by atoms with Crippen molar-refractivity contribution in [2.75, 3.05) is 13.6 Å². The van der Waals surface area contributed by atoms with Crippen LogP contribution in [0, 0.1) is 0 Å². The summed E-state index contributed by atoms with van der Waals surface area (Å²) < 4.78 is 4.88. The lowest BCUT2D eigenvalue weighted by molar-refractivity contribution is -0.131. The van der Waals surface area contributed by atoms with Crippen LogP contribution in [0.15, 0.2) is 53.3 Å². The number of nitrogens with one attached hydrogen (secondary N) is 1. The zero-order valence-corrected chi connectivity index (χ0v) is 14.5. The van der Waals surface area contributed by atoms with Crippen molar-refractivity contribution in [3.05, 3.63) is 60.1 Å². The Morgan fingerprint density at radius 2 is 1.84 bits per heavy atom. The van der Waals surface area contributed by atoms with E-state index < -0.39 is 0 Å². The van der Waals surface area contributed by atoms with E-state index in [0.29, 0.717) is 11.5 Å². The molecule has 0 spiro atoms. The third-order valence-electron chi connectivity index (χ3n) is 5.09. The van der Waals surface area contributed by atoms with E-state index >= 15 is 0 Å². The van der Waals surface area contributed by atoms with E-state index in [9.17, 15) is 9.59 Å². The summed E-state index contributed by atoms with van der Waals surface area (Å²) in [6.45, 7) is 0.0130. The van der Waals surface area contributed by atoms with Crippen LogP contribution in [0.3, 0.4) is 0 Å². The van der Waals surface area contributed by atoms with Crippen molar-refractivity contribution in [1.82, 2.24) is 10.2 Å². The van der Waals surface area contributed by atoms with Crippen LogP contribution in [0.1, 0.15) is 47.5 Å². The fourth-order valence-corrected chi connectivity index (χ4v) is 3.50. The Morgan fingerprint density at radius 3 is 2.48 bits per heavy atom. The van der Waals surface area contributed by atoms with Crippen LogP contribution in [0.2, 0.25) is 0 Å². The van der Waals surface area contributed by atoms with Crippen molar-refractivity contribution in [3.63, 3.8) is 0 Å². The van der Waals surface area contributed by atoms with Gasteiger partial charge in [-0.1, -0.05) is 30.3 Å². The van der Waals surface area contributed by atoms with Gasteiger partial charge in [0, 0.05) is 13.1 Å². The molecule has 1 aromatic carbocycles. The summed E-state index contributed by atoms with van der Waals surface area (Å²) in [5.41, 5.74) is 1.82. The molecule has 5 nitrogen and oxygen atoms in total. The molecule has 1 aliphatic rings. The van der Waals surface area contributed by atoms with Gasteiger partial charge in [-0.25, -0.2) is 0 Å². The summed E-state index contributed by atoms with van der Waals surface area (Å²) in [5, 5.41) is 2.65. The highest BCUT2D eigenvalue weighted by molar-refractivity contribution is 5.96. The molecule has 0 unspecified atom stereocenters. The van der Waals surface area contributed by atoms with Crippen molar-refractivity contribution in [2.45, 2.75) is 37.6 Å². The maximum atomic E-state index is 12.4. The van der Waals surface area contributed by atoms with E-state index in [1.54, 1.807) is 11.0 Å². The molecule has 1 saturated carbocycles. The molecule has 0 radical (unpaired) electrons. The zero-order valence-electron chi connectivity index (χ0n) is 14.5. The first-order valence-corrected chi connectivity index (χ1v) is 8.76. The molecule has 1 fully saturated rings. The van der Waals surface area contributed by atoms with Gasteiger partial charge in [-0.15, -0.1) is 0 Å². The van der Waals surface area contributed by atoms with Gasteiger partial charge in [0.05, 0.1) is 18.4 Å². The number of carbonyl (C=O) groups is 2. The van der Waals surface area contributed by atoms with Gasteiger partial charge >= 0.3 is 0 Å². The molecule has 3 rings (SSSR count). The molecular formula is C20H24N2O3. The Labute approximate surface area is 148 Å². The van der Waals surface area contributed by atoms with Crippen molar-refractivity contribution in [3.8, 4) is 0 Å². The molecule has 0 saturated heterocycles. The van der Waals surface area contributed by atoms with Crippen LogP contribution in [0.4, 0.5) is 0 Å². The third-order valence-corrected chi connectivity index (χ3v) is 5.09. The number of benzene rings is 1. The Hall–Kier alpha value is -2.56. The SMILES string of the molecule is CN(C(=O)CNC(=O)c1ccoc1)C1CCC(c2ccccc2)CC1. The molecule has 132 valence electrons. The normalized spacial score (nSPS) is 20.0. The molecule has 5 heteroatoms.